The first-order valence-corrected chi connectivity index (χ1v) is 9.30. The highest BCUT2D eigenvalue weighted by Crippen LogP contribution is 2.33. The van der Waals surface area contributed by atoms with Crippen molar-refractivity contribution in [3.05, 3.63) is 45.8 Å². The first-order chi connectivity index (χ1) is 11.9. The van der Waals surface area contributed by atoms with Crippen molar-refractivity contribution in [1.82, 2.24) is 9.88 Å². The summed E-state index contributed by atoms with van der Waals surface area (Å²) in [5, 5.41) is 14.6. The highest BCUT2D eigenvalue weighted by atomic mass is 32.2. The number of nitrogens with zero attached hydrogens (tertiary/aromatic N) is 2. The molecule has 0 saturated carbocycles. The summed E-state index contributed by atoms with van der Waals surface area (Å²) in [4.78, 5) is 29.0. The van der Waals surface area contributed by atoms with E-state index in [0.717, 1.165) is 27.9 Å². The Kier molecular flexibility index (Phi) is 5.16. The van der Waals surface area contributed by atoms with Crippen LogP contribution in [-0.4, -0.2) is 37.7 Å². The van der Waals surface area contributed by atoms with E-state index >= 15 is 0 Å². The van der Waals surface area contributed by atoms with Crippen LogP contribution in [0, 0.1) is 6.92 Å². The second-order valence-electron chi connectivity index (χ2n) is 5.18. The molecule has 0 aliphatic carbocycles. The number of aromatic nitrogens is 1. The minimum Gasteiger partial charge on any atom is -0.480 e. The standard InChI is InChI=1S/C16H13N3O3S3/c1-9-4-2-3-5-11(9)18-15-17-10(8-24-15)6-12-14(22)19(7-13(20)21)16(23)25-12/h2-6,8H,7H2,1H3,(H,17,18)(H,20,21)/b12-6-. The Labute approximate surface area is 157 Å². The second-order valence-corrected chi connectivity index (χ2v) is 7.71. The third-order valence-corrected chi connectivity index (χ3v) is 5.51. The van der Waals surface area contributed by atoms with Crippen molar-refractivity contribution in [2.24, 2.45) is 0 Å². The van der Waals surface area contributed by atoms with Gasteiger partial charge in [-0.05, 0) is 24.6 Å². The second kappa shape index (κ2) is 7.34. The summed E-state index contributed by atoms with van der Waals surface area (Å²) in [5.74, 6) is -1.50. The average molecular weight is 391 g/mol. The summed E-state index contributed by atoms with van der Waals surface area (Å²) in [6, 6.07) is 7.88. The van der Waals surface area contributed by atoms with E-state index in [2.05, 4.69) is 10.3 Å². The number of thiazole rings is 1. The number of hydrogen-bond donors (Lipinski definition) is 2. The number of anilines is 2. The maximum Gasteiger partial charge on any atom is 0.323 e. The molecule has 128 valence electrons. The van der Waals surface area contributed by atoms with Crippen LogP contribution in [0.1, 0.15) is 11.3 Å². The molecule has 1 fully saturated rings. The highest BCUT2D eigenvalue weighted by Gasteiger charge is 2.33. The fraction of sp³-hybridized carbons (Fsp3) is 0.125. The number of nitrogens with one attached hydrogen (secondary N) is 1. The van der Waals surface area contributed by atoms with E-state index in [4.69, 9.17) is 17.3 Å². The zero-order valence-corrected chi connectivity index (χ0v) is 15.5. The van der Waals surface area contributed by atoms with Crippen molar-refractivity contribution in [3.8, 4) is 0 Å². The number of para-hydroxylation sites is 1. The van der Waals surface area contributed by atoms with Gasteiger partial charge in [-0.3, -0.25) is 14.5 Å². The number of aryl methyl sites for hydroxylation is 1. The molecule has 2 aromatic rings. The molecule has 25 heavy (non-hydrogen) atoms. The number of carbonyl (C=O) groups is 2. The molecule has 2 heterocycles. The summed E-state index contributed by atoms with van der Waals surface area (Å²) >= 11 is 7.58. The summed E-state index contributed by atoms with van der Waals surface area (Å²) in [7, 11) is 0. The predicted octanol–water partition coefficient (Wildman–Crippen LogP) is 3.48. The van der Waals surface area contributed by atoms with Crippen molar-refractivity contribution >= 4 is 68.4 Å². The molecular formula is C16H13N3O3S3. The van der Waals surface area contributed by atoms with Crippen LogP contribution in [0.5, 0.6) is 0 Å². The first-order valence-electron chi connectivity index (χ1n) is 7.19. The van der Waals surface area contributed by atoms with Crippen LogP contribution in [-0.2, 0) is 9.59 Å². The number of aliphatic carboxylic acids is 1. The van der Waals surface area contributed by atoms with Crippen LogP contribution in [0.15, 0.2) is 34.6 Å². The number of amides is 1. The van der Waals surface area contributed by atoms with E-state index in [1.807, 2.05) is 36.6 Å². The maximum atomic E-state index is 12.2. The third kappa shape index (κ3) is 4.06. The Morgan fingerprint density at radius 1 is 1.44 bits per heavy atom. The molecule has 1 amide bonds. The zero-order valence-electron chi connectivity index (χ0n) is 13.1. The van der Waals surface area contributed by atoms with Gasteiger partial charge in [-0.25, -0.2) is 4.98 Å². The van der Waals surface area contributed by atoms with Crippen molar-refractivity contribution in [1.29, 1.82) is 0 Å². The van der Waals surface area contributed by atoms with Crippen LogP contribution in [0.2, 0.25) is 0 Å². The van der Waals surface area contributed by atoms with Gasteiger partial charge in [-0.1, -0.05) is 42.2 Å². The molecule has 1 aromatic carbocycles. The van der Waals surface area contributed by atoms with Crippen molar-refractivity contribution in [2.75, 3.05) is 11.9 Å². The molecule has 1 aromatic heterocycles. The monoisotopic (exact) mass is 391 g/mol. The number of carboxylic acids is 1. The zero-order chi connectivity index (χ0) is 18.0. The SMILES string of the molecule is Cc1ccccc1Nc1nc(/C=C2\SC(=S)N(CC(=O)O)C2=O)cs1. The fourth-order valence-corrected chi connectivity index (χ4v) is 4.06. The molecule has 0 unspecified atom stereocenters. The molecule has 6 nitrogen and oxygen atoms in total. The molecular weight excluding hydrogens is 378 g/mol. The lowest BCUT2D eigenvalue weighted by molar-refractivity contribution is -0.140. The lowest BCUT2D eigenvalue weighted by atomic mass is 10.2. The van der Waals surface area contributed by atoms with Crippen LogP contribution in [0.25, 0.3) is 6.08 Å². The van der Waals surface area contributed by atoms with Gasteiger partial charge in [0.1, 0.15) is 10.9 Å². The van der Waals surface area contributed by atoms with Crippen molar-refractivity contribution in [2.45, 2.75) is 6.92 Å². The van der Waals surface area contributed by atoms with Crippen molar-refractivity contribution in [3.63, 3.8) is 0 Å². The number of hydrogen-bond acceptors (Lipinski definition) is 7. The molecule has 3 rings (SSSR count). The topological polar surface area (TPSA) is 82.5 Å². The largest absolute Gasteiger partial charge is 0.480 e. The molecule has 0 spiro atoms. The smallest absolute Gasteiger partial charge is 0.323 e. The van der Waals surface area contributed by atoms with E-state index in [-0.39, 0.29) is 4.32 Å². The van der Waals surface area contributed by atoms with Gasteiger partial charge in [0.05, 0.1) is 10.6 Å². The minimum atomic E-state index is -1.10. The van der Waals surface area contributed by atoms with E-state index in [1.165, 1.54) is 11.3 Å². The Balaban J connectivity index is 1.76. The van der Waals surface area contributed by atoms with Gasteiger partial charge in [0.2, 0.25) is 0 Å². The Morgan fingerprint density at radius 3 is 2.92 bits per heavy atom. The summed E-state index contributed by atoms with van der Waals surface area (Å²) in [5.41, 5.74) is 2.70. The average Bonchev–Trinajstić information content (AvgIpc) is 3.09. The van der Waals surface area contributed by atoms with Crippen molar-refractivity contribution < 1.29 is 14.7 Å². The highest BCUT2D eigenvalue weighted by molar-refractivity contribution is 8.26. The summed E-state index contributed by atoms with van der Waals surface area (Å²) in [6.45, 7) is 1.57. The number of rotatable bonds is 5. The molecule has 1 aliphatic rings. The normalized spacial score (nSPS) is 15.9. The Bertz CT molecular complexity index is 892. The van der Waals surface area contributed by atoms with E-state index in [1.54, 1.807) is 6.08 Å². The molecule has 0 bridgehead atoms. The fourth-order valence-electron chi connectivity index (χ4n) is 2.14. The molecule has 2 N–H and O–H groups in total. The van der Waals surface area contributed by atoms with Crippen LogP contribution in [0.3, 0.4) is 0 Å². The Morgan fingerprint density at radius 2 is 2.20 bits per heavy atom. The first kappa shape index (κ1) is 17.6. The van der Waals surface area contributed by atoms with E-state index < -0.39 is 18.4 Å². The number of carboxylic acid groups (broad SMARTS) is 1. The minimum absolute atomic E-state index is 0.243. The quantitative estimate of drug-likeness (QED) is 0.596. The number of carbonyl (C=O) groups excluding carboxylic acids is 1. The number of benzene rings is 1. The Hall–Kier alpha value is -2.23. The van der Waals surface area contributed by atoms with Gasteiger partial charge in [0, 0.05) is 11.1 Å². The molecule has 1 saturated heterocycles. The predicted molar refractivity (Wildman–Crippen MR) is 104 cm³/mol. The van der Waals surface area contributed by atoms with E-state index in [9.17, 15) is 9.59 Å². The third-order valence-electron chi connectivity index (χ3n) is 3.35. The van der Waals surface area contributed by atoms with Gasteiger partial charge in [-0.2, -0.15) is 0 Å². The van der Waals surface area contributed by atoms with Gasteiger partial charge >= 0.3 is 5.97 Å². The van der Waals surface area contributed by atoms with Gasteiger partial charge in [0.25, 0.3) is 5.91 Å². The van der Waals surface area contributed by atoms with Crippen LogP contribution < -0.4 is 5.32 Å². The van der Waals surface area contributed by atoms with E-state index in [0.29, 0.717) is 15.7 Å². The molecule has 0 atom stereocenters. The molecule has 0 radical (unpaired) electrons. The summed E-state index contributed by atoms with van der Waals surface area (Å²) in [6.07, 6.45) is 1.63. The molecule has 1 aliphatic heterocycles. The van der Waals surface area contributed by atoms with Crippen LogP contribution >= 0.6 is 35.3 Å². The summed E-state index contributed by atoms with van der Waals surface area (Å²) < 4.78 is 0.243. The number of thiocarbonyl (C=S) groups is 1. The maximum absolute atomic E-state index is 12.2. The van der Waals surface area contributed by atoms with Gasteiger partial charge < -0.3 is 10.4 Å². The lowest BCUT2D eigenvalue weighted by Gasteiger charge is -2.09. The number of thioether (sulfide) groups is 1. The lowest BCUT2D eigenvalue weighted by Crippen LogP contribution is -2.33. The van der Waals surface area contributed by atoms with Gasteiger partial charge in [-0.15, -0.1) is 11.3 Å². The molecule has 9 heteroatoms. The van der Waals surface area contributed by atoms with Gasteiger partial charge in [0.15, 0.2) is 5.13 Å². The van der Waals surface area contributed by atoms with Crippen LogP contribution in [0.4, 0.5) is 10.8 Å².